The molecule has 0 fully saturated rings. The maximum atomic E-state index is 9.24. The van der Waals surface area contributed by atoms with Crippen LogP contribution in [-0.4, -0.2) is 12.2 Å². The van der Waals surface area contributed by atoms with E-state index in [4.69, 9.17) is 0 Å². The third kappa shape index (κ3) is 2.78. The SMILES string of the molecule is Cc1ccccc1N(C)Cc1ccc(O)cc1. The maximum absolute atomic E-state index is 9.24. The summed E-state index contributed by atoms with van der Waals surface area (Å²) in [6.07, 6.45) is 0. The minimum atomic E-state index is 0.312. The van der Waals surface area contributed by atoms with E-state index in [9.17, 15) is 5.11 Å². The summed E-state index contributed by atoms with van der Waals surface area (Å²) in [5, 5.41) is 9.24. The number of para-hydroxylation sites is 1. The molecule has 88 valence electrons. The van der Waals surface area contributed by atoms with E-state index in [1.54, 1.807) is 12.1 Å². The largest absolute Gasteiger partial charge is 0.508 e. The van der Waals surface area contributed by atoms with Crippen LogP contribution in [0.15, 0.2) is 48.5 Å². The molecule has 2 aromatic carbocycles. The summed E-state index contributed by atoms with van der Waals surface area (Å²) >= 11 is 0. The molecule has 2 rings (SSSR count). The molecule has 0 saturated carbocycles. The van der Waals surface area contributed by atoms with E-state index in [0.29, 0.717) is 5.75 Å². The number of benzene rings is 2. The minimum absolute atomic E-state index is 0.312. The van der Waals surface area contributed by atoms with Crippen LogP contribution in [0, 0.1) is 6.92 Å². The Bertz CT molecular complexity index is 491. The minimum Gasteiger partial charge on any atom is -0.508 e. The standard InChI is InChI=1S/C15H17NO/c1-12-5-3-4-6-15(12)16(2)11-13-7-9-14(17)10-8-13/h3-10,17H,11H2,1-2H3. The monoisotopic (exact) mass is 227 g/mol. The van der Waals surface area contributed by atoms with Crippen LogP contribution in [0.1, 0.15) is 11.1 Å². The van der Waals surface area contributed by atoms with Gasteiger partial charge in [-0.3, -0.25) is 0 Å². The van der Waals surface area contributed by atoms with Gasteiger partial charge in [-0.1, -0.05) is 30.3 Å². The van der Waals surface area contributed by atoms with Crippen LogP contribution < -0.4 is 4.90 Å². The molecule has 0 unspecified atom stereocenters. The van der Waals surface area contributed by atoms with Crippen molar-refractivity contribution in [2.24, 2.45) is 0 Å². The first-order valence-electron chi connectivity index (χ1n) is 5.71. The molecule has 0 radical (unpaired) electrons. The predicted molar refractivity (Wildman–Crippen MR) is 71.4 cm³/mol. The Labute approximate surface area is 102 Å². The number of aromatic hydroxyl groups is 1. The normalized spacial score (nSPS) is 10.2. The van der Waals surface area contributed by atoms with Crippen LogP contribution in [0.2, 0.25) is 0 Å². The second kappa shape index (κ2) is 4.91. The number of aryl methyl sites for hydroxylation is 1. The first kappa shape index (κ1) is 11.5. The molecule has 2 nitrogen and oxygen atoms in total. The summed E-state index contributed by atoms with van der Waals surface area (Å²) in [7, 11) is 2.08. The van der Waals surface area contributed by atoms with Crippen molar-refractivity contribution in [3.8, 4) is 5.75 Å². The molecule has 0 spiro atoms. The number of rotatable bonds is 3. The van der Waals surface area contributed by atoms with E-state index >= 15 is 0 Å². The lowest BCUT2D eigenvalue weighted by Gasteiger charge is -2.21. The van der Waals surface area contributed by atoms with E-state index < -0.39 is 0 Å². The van der Waals surface area contributed by atoms with Crippen molar-refractivity contribution in [1.29, 1.82) is 0 Å². The summed E-state index contributed by atoms with van der Waals surface area (Å²) in [6, 6.07) is 15.7. The van der Waals surface area contributed by atoms with Gasteiger partial charge in [-0.2, -0.15) is 0 Å². The van der Waals surface area contributed by atoms with Crippen LogP contribution in [0.4, 0.5) is 5.69 Å². The summed E-state index contributed by atoms with van der Waals surface area (Å²) in [4.78, 5) is 2.21. The van der Waals surface area contributed by atoms with Crippen molar-refractivity contribution >= 4 is 5.69 Å². The summed E-state index contributed by atoms with van der Waals surface area (Å²) in [6.45, 7) is 2.95. The van der Waals surface area contributed by atoms with E-state index in [1.807, 2.05) is 18.2 Å². The summed E-state index contributed by atoms with van der Waals surface area (Å²) in [5.41, 5.74) is 3.70. The molecule has 0 saturated heterocycles. The quantitative estimate of drug-likeness (QED) is 0.869. The third-order valence-electron chi connectivity index (χ3n) is 2.88. The molecule has 0 atom stereocenters. The third-order valence-corrected chi connectivity index (χ3v) is 2.88. The Morgan fingerprint density at radius 2 is 1.65 bits per heavy atom. The van der Waals surface area contributed by atoms with E-state index in [-0.39, 0.29) is 0 Å². The molecule has 17 heavy (non-hydrogen) atoms. The molecule has 1 N–H and O–H groups in total. The lowest BCUT2D eigenvalue weighted by Crippen LogP contribution is -2.17. The Balaban J connectivity index is 2.14. The van der Waals surface area contributed by atoms with Crippen LogP contribution in [0.25, 0.3) is 0 Å². The second-order valence-electron chi connectivity index (χ2n) is 4.31. The van der Waals surface area contributed by atoms with Crippen LogP contribution >= 0.6 is 0 Å². The second-order valence-corrected chi connectivity index (χ2v) is 4.31. The lowest BCUT2D eigenvalue weighted by atomic mass is 10.1. The van der Waals surface area contributed by atoms with Gasteiger partial charge in [0.1, 0.15) is 5.75 Å². The lowest BCUT2D eigenvalue weighted by molar-refractivity contribution is 0.475. The summed E-state index contributed by atoms with van der Waals surface area (Å²) in [5.74, 6) is 0.312. The molecule has 0 aliphatic carbocycles. The fourth-order valence-corrected chi connectivity index (χ4v) is 1.95. The highest BCUT2D eigenvalue weighted by Gasteiger charge is 2.04. The first-order chi connectivity index (χ1) is 8.16. The van der Waals surface area contributed by atoms with Crippen molar-refractivity contribution < 1.29 is 5.11 Å². The number of phenols is 1. The van der Waals surface area contributed by atoms with Gasteiger partial charge < -0.3 is 10.0 Å². The van der Waals surface area contributed by atoms with E-state index in [0.717, 1.165) is 6.54 Å². The Morgan fingerprint density at radius 3 is 2.29 bits per heavy atom. The molecule has 0 bridgehead atoms. The van der Waals surface area contributed by atoms with Crippen molar-refractivity contribution in [3.05, 3.63) is 59.7 Å². The van der Waals surface area contributed by atoms with Gasteiger partial charge in [0.15, 0.2) is 0 Å². The summed E-state index contributed by atoms with van der Waals surface area (Å²) < 4.78 is 0. The zero-order chi connectivity index (χ0) is 12.3. The van der Waals surface area contributed by atoms with Gasteiger partial charge >= 0.3 is 0 Å². The molecule has 0 aliphatic heterocycles. The van der Waals surface area contributed by atoms with Crippen LogP contribution in [0.5, 0.6) is 5.75 Å². The Hall–Kier alpha value is -1.96. The number of anilines is 1. The van der Waals surface area contributed by atoms with Gasteiger partial charge in [0.25, 0.3) is 0 Å². The van der Waals surface area contributed by atoms with Gasteiger partial charge in [-0.05, 0) is 36.2 Å². The van der Waals surface area contributed by atoms with Crippen molar-refractivity contribution in [1.82, 2.24) is 0 Å². The van der Waals surface area contributed by atoms with Crippen molar-refractivity contribution in [3.63, 3.8) is 0 Å². The number of hydrogen-bond acceptors (Lipinski definition) is 2. The molecule has 0 aromatic heterocycles. The van der Waals surface area contributed by atoms with Crippen molar-refractivity contribution in [2.75, 3.05) is 11.9 Å². The average molecular weight is 227 g/mol. The molecule has 0 heterocycles. The molecule has 2 aromatic rings. The molecule has 0 aliphatic rings. The molecule has 0 amide bonds. The average Bonchev–Trinajstić information content (AvgIpc) is 2.32. The van der Waals surface area contributed by atoms with Gasteiger partial charge in [0.2, 0.25) is 0 Å². The molecular weight excluding hydrogens is 210 g/mol. The van der Waals surface area contributed by atoms with E-state index in [2.05, 4.69) is 37.1 Å². The van der Waals surface area contributed by atoms with Gasteiger partial charge in [-0.25, -0.2) is 0 Å². The Kier molecular flexibility index (Phi) is 3.33. The predicted octanol–water partition coefficient (Wildman–Crippen LogP) is 3.34. The molecular formula is C15H17NO. The highest BCUT2D eigenvalue weighted by Crippen LogP contribution is 2.20. The first-order valence-corrected chi connectivity index (χ1v) is 5.71. The number of nitrogens with zero attached hydrogens (tertiary/aromatic N) is 1. The molecule has 2 heteroatoms. The zero-order valence-electron chi connectivity index (χ0n) is 10.2. The topological polar surface area (TPSA) is 23.5 Å². The highest BCUT2D eigenvalue weighted by atomic mass is 16.3. The van der Waals surface area contributed by atoms with Crippen molar-refractivity contribution in [2.45, 2.75) is 13.5 Å². The fraction of sp³-hybridized carbons (Fsp3) is 0.200. The van der Waals surface area contributed by atoms with Gasteiger partial charge in [0, 0.05) is 19.3 Å². The highest BCUT2D eigenvalue weighted by molar-refractivity contribution is 5.52. The smallest absolute Gasteiger partial charge is 0.115 e. The maximum Gasteiger partial charge on any atom is 0.115 e. The van der Waals surface area contributed by atoms with E-state index in [1.165, 1.54) is 16.8 Å². The number of phenolic OH excluding ortho intramolecular Hbond substituents is 1. The zero-order valence-corrected chi connectivity index (χ0v) is 10.2. The Morgan fingerprint density at radius 1 is 1.00 bits per heavy atom. The van der Waals surface area contributed by atoms with Crippen LogP contribution in [0.3, 0.4) is 0 Å². The van der Waals surface area contributed by atoms with Gasteiger partial charge in [-0.15, -0.1) is 0 Å². The number of hydrogen-bond donors (Lipinski definition) is 1. The van der Waals surface area contributed by atoms with Gasteiger partial charge in [0.05, 0.1) is 0 Å². The van der Waals surface area contributed by atoms with Crippen LogP contribution in [-0.2, 0) is 6.54 Å². The fourth-order valence-electron chi connectivity index (χ4n) is 1.95.